The summed E-state index contributed by atoms with van der Waals surface area (Å²) in [5, 5.41) is 10.0. The zero-order valence-corrected chi connectivity index (χ0v) is 8.12. The van der Waals surface area contributed by atoms with Crippen molar-refractivity contribution < 1.29 is 5.21 Å². The van der Waals surface area contributed by atoms with E-state index < -0.39 is 0 Å². The normalized spacial score (nSPS) is 11.7. The van der Waals surface area contributed by atoms with Crippen LogP contribution < -0.4 is 5.49 Å². The fourth-order valence-electron chi connectivity index (χ4n) is 0.938. The minimum atomic E-state index is 0.435. The van der Waals surface area contributed by atoms with Crippen molar-refractivity contribution in [2.75, 3.05) is 6.54 Å². The van der Waals surface area contributed by atoms with Crippen LogP contribution in [0.25, 0.3) is 0 Å². The second-order valence-electron chi connectivity index (χ2n) is 2.61. The highest BCUT2D eigenvalue weighted by Crippen LogP contribution is 2.05. The summed E-state index contributed by atoms with van der Waals surface area (Å²) in [5.41, 5.74) is 1.08. The molecule has 0 aliphatic carbocycles. The van der Waals surface area contributed by atoms with Crippen LogP contribution in [0.1, 0.15) is 5.69 Å². The van der Waals surface area contributed by atoms with Crippen LogP contribution in [0, 0.1) is 6.92 Å². The number of halogens is 1. The van der Waals surface area contributed by atoms with Crippen molar-refractivity contribution in [2.24, 2.45) is 4.99 Å². The molecule has 1 aromatic heterocycles. The van der Waals surface area contributed by atoms with Gasteiger partial charge < -0.3 is 5.21 Å². The summed E-state index contributed by atoms with van der Waals surface area (Å²) < 4.78 is 0.995. The topological polar surface area (TPSA) is 37.5 Å². The van der Waals surface area contributed by atoms with E-state index in [1.165, 1.54) is 0 Å². The molecule has 0 unspecified atom stereocenters. The molecular weight excluding hydrogens is 188 g/mol. The Morgan fingerprint density at radius 2 is 2.38 bits per heavy atom. The fraction of sp³-hybridized carbons (Fsp3) is 0.222. The molecule has 1 N–H and O–H groups in total. The number of aryl methyl sites for hydroxylation is 1. The second kappa shape index (κ2) is 4.14. The minimum Gasteiger partial charge on any atom is -0.427 e. The maximum Gasteiger partial charge on any atom is 0.165 e. The van der Waals surface area contributed by atoms with Crippen LogP contribution in [0.4, 0.5) is 0 Å². The largest absolute Gasteiger partial charge is 0.427 e. The van der Waals surface area contributed by atoms with E-state index in [9.17, 15) is 5.21 Å². The molecule has 0 aliphatic rings. The van der Waals surface area contributed by atoms with Crippen LogP contribution >= 0.6 is 11.6 Å². The van der Waals surface area contributed by atoms with Crippen molar-refractivity contribution in [3.8, 4) is 0 Å². The Kier molecular flexibility index (Phi) is 3.14. The molecule has 0 radical (unpaired) electrons. The monoisotopic (exact) mass is 198 g/mol. The van der Waals surface area contributed by atoms with Gasteiger partial charge >= 0.3 is 0 Å². The van der Waals surface area contributed by atoms with Crippen molar-refractivity contribution in [1.82, 2.24) is 4.73 Å². The summed E-state index contributed by atoms with van der Waals surface area (Å²) in [6, 6.07) is 3.26. The Hall–Kier alpha value is -1.22. The molecule has 1 aromatic rings. The second-order valence-corrected chi connectivity index (χ2v) is 3.05. The summed E-state index contributed by atoms with van der Waals surface area (Å²) in [6.07, 6.45) is 1.65. The first-order valence-electron chi connectivity index (χ1n) is 3.85. The predicted molar refractivity (Wildman–Crippen MR) is 52.0 cm³/mol. The first-order chi connectivity index (χ1) is 6.15. The number of hydrogen-bond acceptors (Lipinski definition) is 2. The quantitative estimate of drug-likeness (QED) is 0.571. The van der Waals surface area contributed by atoms with Crippen molar-refractivity contribution in [3.05, 3.63) is 41.0 Å². The molecule has 0 aliphatic heterocycles. The van der Waals surface area contributed by atoms with E-state index in [1.54, 1.807) is 25.1 Å². The number of pyridine rings is 1. The summed E-state index contributed by atoms with van der Waals surface area (Å²) in [6.45, 7) is 5.74. The van der Waals surface area contributed by atoms with Crippen LogP contribution in [0.15, 0.2) is 29.8 Å². The molecule has 70 valence electrons. The van der Waals surface area contributed by atoms with Crippen LogP contribution in [0.3, 0.4) is 0 Å². The fourth-order valence-corrected chi connectivity index (χ4v) is 1.19. The molecule has 1 rings (SSSR count). The van der Waals surface area contributed by atoms with Gasteiger partial charge in [-0.2, -0.15) is 4.73 Å². The molecule has 13 heavy (non-hydrogen) atoms. The third-order valence-corrected chi connectivity index (χ3v) is 1.77. The van der Waals surface area contributed by atoms with Crippen molar-refractivity contribution in [2.45, 2.75) is 6.92 Å². The molecule has 0 saturated heterocycles. The average molecular weight is 199 g/mol. The maximum atomic E-state index is 9.48. The van der Waals surface area contributed by atoms with Crippen molar-refractivity contribution in [3.63, 3.8) is 0 Å². The van der Waals surface area contributed by atoms with E-state index in [4.69, 9.17) is 11.6 Å². The highest BCUT2D eigenvalue weighted by molar-refractivity contribution is 6.30. The lowest BCUT2D eigenvalue weighted by Gasteiger charge is -2.03. The molecule has 0 spiro atoms. The van der Waals surface area contributed by atoms with Gasteiger partial charge in [0.05, 0.1) is 12.2 Å². The van der Waals surface area contributed by atoms with E-state index in [1.807, 2.05) is 0 Å². The lowest BCUT2D eigenvalue weighted by molar-refractivity contribution is 0.165. The predicted octanol–water partition coefficient (Wildman–Crippen LogP) is 1.77. The van der Waals surface area contributed by atoms with E-state index in [-0.39, 0.29) is 0 Å². The van der Waals surface area contributed by atoms with Gasteiger partial charge in [0.1, 0.15) is 0 Å². The van der Waals surface area contributed by atoms with Gasteiger partial charge in [0, 0.05) is 11.1 Å². The van der Waals surface area contributed by atoms with Gasteiger partial charge in [-0.25, -0.2) is 0 Å². The Labute approximate surface area is 81.6 Å². The molecule has 0 saturated carbocycles. The molecule has 0 aromatic carbocycles. The molecule has 0 bridgehead atoms. The summed E-state index contributed by atoms with van der Waals surface area (Å²) >= 11 is 5.79. The third-order valence-electron chi connectivity index (χ3n) is 1.55. The van der Waals surface area contributed by atoms with E-state index >= 15 is 0 Å². The van der Waals surface area contributed by atoms with Gasteiger partial charge in [-0.05, 0) is 13.0 Å². The Balaban J connectivity index is 3.27. The highest BCUT2D eigenvalue weighted by atomic mass is 35.5. The summed E-state index contributed by atoms with van der Waals surface area (Å²) in [7, 11) is 0. The molecule has 3 nitrogen and oxygen atoms in total. The van der Waals surface area contributed by atoms with Gasteiger partial charge in [-0.15, -0.1) is 6.58 Å². The zero-order chi connectivity index (χ0) is 9.84. The number of hydrogen-bond donors (Lipinski definition) is 1. The molecule has 0 fully saturated rings. The number of aromatic nitrogens is 1. The molecule has 1 heterocycles. The third kappa shape index (κ3) is 2.36. The Morgan fingerprint density at radius 3 is 3.00 bits per heavy atom. The number of nitrogens with zero attached hydrogens (tertiary/aromatic N) is 2. The first kappa shape index (κ1) is 9.86. The average Bonchev–Trinajstić information content (AvgIpc) is 2.09. The first-order valence-corrected chi connectivity index (χ1v) is 4.23. The van der Waals surface area contributed by atoms with Gasteiger partial charge in [0.15, 0.2) is 5.49 Å². The van der Waals surface area contributed by atoms with Crippen LogP contribution in [-0.2, 0) is 0 Å². The summed E-state index contributed by atoms with van der Waals surface area (Å²) in [5.74, 6) is 0. The van der Waals surface area contributed by atoms with Gasteiger partial charge in [0.25, 0.3) is 0 Å². The SMILES string of the molecule is C=CCN=c1cc(Cl)cc(C)n1O. The highest BCUT2D eigenvalue weighted by Gasteiger charge is 1.97. The standard InChI is InChI=1S/C9H11ClN2O/c1-3-4-11-9-6-8(10)5-7(2)12(9)13/h3,5-6,13H,1,4H2,2H3. The van der Waals surface area contributed by atoms with E-state index in [2.05, 4.69) is 11.6 Å². The molecule has 0 amide bonds. The van der Waals surface area contributed by atoms with Crippen molar-refractivity contribution >= 4 is 11.6 Å². The van der Waals surface area contributed by atoms with Gasteiger partial charge in [0.2, 0.25) is 0 Å². The van der Waals surface area contributed by atoms with Gasteiger partial charge in [-0.1, -0.05) is 17.7 Å². The number of rotatable bonds is 2. The van der Waals surface area contributed by atoms with Crippen LogP contribution in [-0.4, -0.2) is 16.5 Å². The maximum absolute atomic E-state index is 9.48. The Morgan fingerprint density at radius 1 is 1.69 bits per heavy atom. The smallest absolute Gasteiger partial charge is 0.165 e. The van der Waals surface area contributed by atoms with Gasteiger partial charge in [-0.3, -0.25) is 4.99 Å². The minimum absolute atomic E-state index is 0.435. The molecule has 4 heteroatoms. The van der Waals surface area contributed by atoms with Crippen molar-refractivity contribution in [1.29, 1.82) is 0 Å². The van der Waals surface area contributed by atoms with Crippen LogP contribution in [0.2, 0.25) is 5.02 Å². The summed E-state index contributed by atoms with van der Waals surface area (Å²) in [4.78, 5) is 4.06. The Bertz CT molecular complexity index is 382. The zero-order valence-electron chi connectivity index (χ0n) is 7.37. The molecule has 0 atom stereocenters. The van der Waals surface area contributed by atoms with E-state index in [0.717, 1.165) is 4.73 Å². The van der Waals surface area contributed by atoms with E-state index in [0.29, 0.717) is 22.7 Å². The lowest BCUT2D eigenvalue weighted by atomic mass is 10.4. The molecular formula is C9H11ClN2O. The van der Waals surface area contributed by atoms with Crippen LogP contribution in [0.5, 0.6) is 0 Å². The lowest BCUT2D eigenvalue weighted by Crippen LogP contribution is -2.20.